The van der Waals surface area contributed by atoms with E-state index in [0.29, 0.717) is 22.2 Å². The van der Waals surface area contributed by atoms with Crippen LogP contribution in [0.5, 0.6) is 0 Å². The molecule has 0 radical (unpaired) electrons. The van der Waals surface area contributed by atoms with Crippen LogP contribution in [0.3, 0.4) is 0 Å². The van der Waals surface area contributed by atoms with Crippen LogP contribution < -0.4 is 5.32 Å². The van der Waals surface area contributed by atoms with E-state index in [0.717, 1.165) is 0 Å². The third kappa shape index (κ3) is 3.72. The average Bonchev–Trinajstić information content (AvgIpc) is 2.43. The summed E-state index contributed by atoms with van der Waals surface area (Å²) in [6.45, 7) is 5.35. The van der Waals surface area contributed by atoms with Crippen molar-refractivity contribution in [3.05, 3.63) is 36.0 Å². The Balaban J connectivity index is 2.33. The van der Waals surface area contributed by atoms with Gasteiger partial charge < -0.3 is 9.47 Å². The van der Waals surface area contributed by atoms with Gasteiger partial charge in [-0.2, -0.15) is 0 Å². The van der Waals surface area contributed by atoms with Gasteiger partial charge in [0.2, 0.25) is 0 Å². The van der Waals surface area contributed by atoms with Crippen molar-refractivity contribution in [1.82, 2.24) is 4.98 Å². The second-order valence-electron chi connectivity index (χ2n) is 5.71. The van der Waals surface area contributed by atoms with Crippen LogP contribution in [-0.2, 0) is 9.47 Å². The number of hydrogen-bond donors (Lipinski definition) is 1. The van der Waals surface area contributed by atoms with Gasteiger partial charge in [-0.15, -0.1) is 0 Å². The predicted molar refractivity (Wildman–Crippen MR) is 82.9 cm³/mol. The predicted octanol–water partition coefficient (Wildman–Crippen LogP) is 3.37. The van der Waals surface area contributed by atoms with Gasteiger partial charge in [0.05, 0.1) is 18.2 Å². The van der Waals surface area contributed by atoms with Crippen LogP contribution >= 0.6 is 0 Å². The molecule has 1 N–H and O–H groups in total. The zero-order valence-corrected chi connectivity index (χ0v) is 13.0. The first-order chi connectivity index (χ1) is 10.3. The second-order valence-corrected chi connectivity index (χ2v) is 5.71. The normalized spacial score (nSPS) is 11.1. The molecule has 22 heavy (non-hydrogen) atoms. The number of fused-ring (bicyclic) bond motifs is 1. The molecule has 1 aromatic carbocycles. The standard InChI is InChI=1S/C16H18N2O4/c1-16(2,3)22-15(20)18-10-5-6-13-12(9-10)11(7-8-17-13)14(19)21-4/h5-9H,1-4H3,(H,18,20). The highest BCUT2D eigenvalue weighted by Gasteiger charge is 2.17. The van der Waals surface area contributed by atoms with Gasteiger partial charge in [0.1, 0.15) is 5.60 Å². The van der Waals surface area contributed by atoms with E-state index in [1.165, 1.54) is 13.3 Å². The van der Waals surface area contributed by atoms with Crippen LogP contribution in [0.2, 0.25) is 0 Å². The molecular weight excluding hydrogens is 284 g/mol. The Morgan fingerprint density at radius 2 is 1.91 bits per heavy atom. The third-order valence-corrected chi connectivity index (χ3v) is 2.79. The molecular formula is C16H18N2O4. The van der Waals surface area contributed by atoms with Crippen LogP contribution in [0.25, 0.3) is 10.9 Å². The van der Waals surface area contributed by atoms with Gasteiger partial charge in [-0.1, -0.05) is 0 Å². The lowest BCUT2D eigenvalue weighted by molar-refractivity contribution is 0.0600. The van der Waals surface area contributed by atoms with Gasteiger partial charge in [-0.05, 0) is 45.0 Å². The molecule has 2 aromatic rings. The highest BCUT2D eigenvalue weighted by atomic mass is 16.6. The highest BCUT2D eigenvalue weighted by molar-refractivity contribution is 6.04. The van der Waals surface area contributed by atoms with E-state index in [1.54, 1.807) is 45.0 Å². The van der Waals surface area contributed by atoms with Crippen molar-refractivity contribution in [1.29, 1.82) is 0 Å². The summed E-state index contributed by atoms with van der Waals surface area (Å²) in [5.41, 5.74) is 0.956. The van der Waals surface area contributed by atoms with Gasteiger partial charge in [-0.25, -0.2) is 9.59 Å². The number of benzene rings is 1. The number of hydrogen-bond acceptors (Lipinski definition) is 5. The summed E-state index contributed by atoms with van der Waals surface area (Å²) in [5.74, 6) is -0.457. The Kier molecular flexibility index (Phi) is 4.30. The minimum atomic E-state index is -0.584. The number of amides is 1. The molecule has 0 unspecified atom stereocenters. The van der Waals surface area contributed by atoms with E-state index < -0.39 is 17.7 Å². The molecule has 1 amide bonds. The zero-order valence-electron chi connectivity index (χ0n) is 13.0. The Bertz CT molecular complexity index is 720. The maximum atomic E-state index is 11.8. The summed E-state index contributed by atoms with van der Waals surface area (Å²) in [4.78, 5) is 27.8. The number of nitrogens with zero attached hydrogens (tertiary/aromatic N) is 1. The largest absolute Gasteiger partial charge is 0.465 e. The van der Waals surface area contributed by atoms with Crippen molar-refractivity contribution in [2.75, 3.05) is 12.4 Å². The van der Waals surface area contributed by atoms with Crippen LogP contribution in [-0.4, -0.2) is 29.8 Å². The number of methoxy groups -OCH3 is 1. The lowest BCUT2D eigenvalue weighted by Crippen LogP contribution is -2.27. The fraction of sp³-hybridized carbons (Fsp3) is 0.312. The molecule has 0 saturated heterocycles. The molecule has 0 atom stereocenters. The molecule has 6 nitrogen and oxygen atoms in total. The Morgan fingerprint density at radius 3 is 2.55 bits per heavy atom. The third-order valence-electron chi connectivity index (χ3n) is 2.79. The molecule has 0 saturated carbocycles. The average molecular weight is 302 g/mol. The lowest BCUT2D eigenvalue weighted by Gasteiger charge is -2.19. The van der Waals surface area contributed by atoms with Crippen molar-refractivity contribution in [3.63, 3.8) is 0 Å². The summed E-state index contributed by atoms with van der Waals surface area (Å²) in [7, 11) is 1.32. The molecule has 0 fully saturated rings. The van der Waals surface area contributed by atoms with Crippen molar-refractivity contribution in [2.45, 2.75) is 26.4 Å². The molecule has 2 rings (SSSR count). The number of anilines is 1. The summed E-state index contributed by atoms with van der Waals surface area (Å²) < 4.78 is 9.95. The van der Waals surface area contributed by atoms with E-state index in [-0.39, 0.29) is 0 Å². The zero-order chi connectivity index (χ0) is 16.3. The first-order valence-corrected chi connectivity index (χ1v) is 6.77. The molecule has 0 aliphatic heterocycles. The van der Waals surface area contributed by atoms with Crippen molar-refractivity contribution >= 4 is 28.7 Å². The minimum absolute atomic E-state index is 0.389. The summed E-state index contributed by atoms with van der Waals surface area (Å²) >= 11 is 0. The fourth-order valence-electron chi connectivity index (χ4n) is 1.93. The maximum absolute atomic E-state index is 11.8. The second kappa shape index (κ2) is 6.01. The van der Waals surface area contributed by atoms with E-state index in [2.05, 4.69) is 10.3 Å². The summed E-state index contributed by atoms with van der Waals surface area (Å²) in [6, 6.07) is 6.65. The molecule has 6 heteroatoms. The maximum Gasteiger partial charge on any atom is 0.412 e. The van der Waals surface area contributed by atoms with Crippen LogP contribution in [0.1, 0.15) is 31.1 Å². The monoisotopic (exact) mass is 302 g/mol. The highest BCUT2D eigenvalue weighted by Crippen LogP contribution is 2.22. The Hall–Kier alpha value is -2.63. The van der Waals surface area contributed by atoms with E-state index in [9.17, 15) is 9.59 Å². The van der Waals surface area contributed by atoms with E-state index in [4.69, 9.17) is 9.47 Å². The SMILES string of the molecule is COC(=O)c1ccnc2ccc(NC(=O)OC(C)(C)C)cc12. The van der Waals surface area contributed by atoms with Gasteiger partial charge in [-0.3, -0.25) is 10.3 Å². The smallest absolute Gasteiger partial charge is 0.412 e. The number of ether oxygens (including phenoxy) is 2. The van der Waals surface area contributed by atoms with Gasteiger partial charge in [0.25, 0.3) is 0 Å². The first-order valence-electron chi connectivity index (χ1n) is 6.77. The number of esters is 1. The summed E-state index contributed by atoms with van der Waals surface area (Å²) in [6.07, 6.45) is 0.977. The molecule has 1 aromatic heterocycles. The molecule has 0 aliphatic carbocycles. The number of nitrogens with one attached hydrogen (secondary N) is 1. The van der Waals surface area contributed by atoms with Gasteiger partial charge in [0.15, 0.2) is 0 Å². The number of carbonyl (C=O) groups is 2. The minimum Gasteiger partial charge on any atom is -0.465 e. The number of carbonyl (C=O) groups excluding carboxylic acids is 2. The van der Waals surface area contributed by atoms with Gasteiger partial charge >= 0.3 is 12.1 Å². The molecule has 116 valence electrons. The van der Waals surface area contributed by atoms with Crippen LogP contribution in [0, 0.1) is 0 Å². The number of pyridine rings is 1. The van der Waals surface area contributed by atoms with Crippen LogP contribution in [0.4, 0.5) is 10.5 Å². The van der Waals surface area contributed by atoms with E-state index >= 15 is 0 Å². The number of aromatic nitrogens is 1. The fourth-order valence-corrected chi connectivity index (χ4v) is 1.93. The quantitative estimate of drug-likeness (QED) is 0.861. The Labute approximate surface area is 128 Å². The van der Waals surface area contributed by atoms with Crippen molar-refractivity contribution in [3.8, 4) is 0 Å². The van der Waals surface area contributed by atoms with E-state index in [1.807, 2.05) is 0 Å². The van der Waals surface area contributed by atoms with Gasteiger partial charge in [0, 0.05) is 17.3 Å². The molecule has 0 spiro atoms. The molecule has 0 aliphatic rings. The lowest BCUT2D eigenvalue weighted by atomic mass is 10.1. The topological polar surface area (TPSA) is 77.5 Å². The molecule has 0 bridgehead atoms. The van der Waals surface area contributed by atoms with Crippen molar-refractivity contribution < 1.29 is 19.1 Å². The summed E-state index contributed by atoms with van der Waals surface area (Å²) in [5, 5.41) is 3.23. The molecule has 1 heterocycles. The van der Waals surface area contributed by atoms with Crippen molar-refractivity contribution in [2.24, 2.45) is 0 Å². The number of rotatable bonds is 2. The van der Waals surface area contributed by atoms with Crippen LogP contribution in [0.15, 0.2) is 30.5 Å². The Morgan fingerprint density at radius 1 is 1.18 bits per heavy atom. The first kappa shape index (κ1) is 15.8.